The van der Waals surface area contributed by atoms with Crippen molar-refractivity contribution in [1.29, 1.82) is 0 Å². The number of rotatable bonds is 6. The molecule has 84 valence electrons. The molecule has 0 aliphatic heterocycles. The highest BCUT2D eigenvalue weighted by Crippen LogP contribution is 2.55. The topological polar surface area (TPSA) is 18.5 Å². The number of hydrogen-bond acceptors (Lipinski definition) is 2. The summed E-state index contributed by atoms with van der Waals surface area (Å²) >= 11 is 0. The zero-order chi connectivity index (χ0) is 10.8. The molecule has 1 saturated carbocycles. The monoisotopic (exact) mass is 216 g/mol. The van der Waals surface area contributed by atoms with E-state index >= 15 is 0 Å². The first kappa shape index (κ1) is 12.2. The van der Waals surface area contributed by atoms with Crippen LogP contribution in [0.4, 0.5) is 0 Å². The van der Waals surface area contributed by atoms with Gasteiger partial charge in [0.15, 0.2) is 0 Å². The molecule has 0 heterocycles. The van der Waals surface area contributed by atoms with E-state index in [1.165, 1.54) is 6.42 Å². The average Bonchev–Trinajstić information content (AvgIpc) is 2.82. The van der Waals surface area contributed by atoms with E-state index in [1.54, 1.807) is 0 Å². The summed E-state index contributed by atoms with van der Waals surface area (Å²) < 4.78 is 12.1. The van der Waals surface area contributed by atoms with Crippen LogP contribution in [0.5, 0.6) is 0 Å². The molecule has 0 aromatic rings. The van der Waals surface area contributed by atoms with Gasteiger partial charge in [0.05, 0.1) is 0 Å². The van der Waals surface area contributed by atoms with Crippen LogP contribution in [0, 0.1) is 5.92 Å². The van der Waals surface area contributed by atoms with E-state index in [0.29, 0.717) is 5.54 Å². The lowest BCUT2D eigenvalue weighted by atomic mass is 10.5. The fourth-order valence-electron chi connectivity index (χ4n) is 2.35. The first-order valence-corrected chi connectivity index (χ1v) is 7.83. The van der Waals surface area contributed by atoms with Crippen molar-refractivity contribution in [1.82, 2.24) is 0 Å². The lowest BCUT2D eigenvalue weighted by Crippen LogP contribution is -2.46. The summed E-state index contributed by atoms with van der Waals surface area (Å²) in [5.41, 5.74) is 1.31. The summed E-state index contributed by atoms with van der Waals surface area (Å²) in [4.78, 5) is 0. The first-order valence-electron chi connectivity index (χ1n) is 5.86. The molecular formula is C11H24O2Si. The Balaban J connectivity index is 2.73. The summed E-state index contributed by atoms with van der Waals surface area (Å²) in [6, 6.07) is 0. The van der Waals surface area contributed by atoms with Gasteiger partial charge in [0.1, 0.15) is 0 Å². The largest absolute Gasteiger partial charge is 0.394 e. The van der Waals surface area contributed by atoms with E-state index in [-0.39, 0.29) is 0 Å². The van der Waals surface area contributed by atoms with E-state index < -0.39 is 8.56 Å². The second-order valence-electron chi connectivity index (χ2n) is 4.56. The van der Waals surface area contributed by atoms with Gasteiger partial charge in [0.25, 0.3) is 0 Å². The maximum absolute atomic E-state index is 6.04. The van der Waals surface area contributed by atoms with Gasteiger partial charge in [-0.3, -0.25) is 0 Å². The molecule has 14 heavy (non-hydrogen) atoms. The van der Waals surface area contributed by atoms with Gasteiger partial charge in [-0.05, 0) is 31.7 Å². The Labute approximate surface area is 89.2 Å². The van der Waals surface area contributed by atoms with Crippen molar-refractivity contribution in [3.05, 3.63) is 0 Å². The Morgan fingerprint density at radius 2 is 1.64 bits per heavy atom. The summed E-state index contributed by atoms with van der Waals surface area (Å²) in [5, 5.41) is 0. The molecular weight excluding hydrogens is 192 g/mol. The molecule has 1 aliphatic carbocycles. The molecule has 1 rings (SSSR count). The predicted molar refractivity (Wildman–Crippen MR) is 61.6 cm³/mol. The minimum absolute atomic E-state index is 0.567. The Morgan fingerprint density at radius 3 is 1.86 bits per heavy atom. The normalized spacial score (nSPS) is 27.0. The van der Waals surface area contributed by atoms with Crippen LogP contribution in [0.1, 0.15) is 41.0 Å². The van der Waals surface area contributed by atoms with Gasteiger partial charge in [0.2, 0.25) is 0 Å². The van der Waals surface area contributed by atoms with Gasteiger partial charge in [-0.25, -0.2) is 0 Å². The standard InChI is InChI=1S/C11H24O2Si/c1-6-12-14(9(3)4,13-7-2)11-8-10(11)5/h9-11H,6-8H2,1-5H3. The van der Waals surface area contributed by atoms with Gasteiger partial charge in [-0.1, -0.05) is 20.8 Å². The van der Waals surface area contributed by atoms with Crippen LogP contribution < -0.4 is 0 Å². The zero-order valence-corrected chi connectivity index (χ0v) is 11.2. The zero-order valence-electron chi connectivity index (χ0n) is 10.2. The molecule has 0 aromatic carbocycles. The molecule has 2 atom stereocenters. The van der Waals surface area contributed by atoms with Crippen LogP contribution in [-0.2, 0) is 8.85 Å². The second-order valence-corrected chi connectivity index (χ2v) is 8.48. The molecule has 0 aromatic heterocycles. The van der Waals surface area contributed by atoms with Crippen molar-refractivity contribution >= 4 is 8.56 Å². The van der Waals surface area contributed by atoms with Gasteiger partial charge in [-0.2, -0.15) is 0 Å². The average molecular weight is 216 g/mol. The third-order valence-electron chi connectivity index (χ3n) is 3.17. The van der Waals surface area contributed by atoms with Crippen molar-refractivity contribution in [3.8, 4) is 0 Å². The quantitative estimate of drug-likeness (QED) is 0.634. The van der Waals surface area contributed by atoms with Crippen LogP contribution in [0.15, 0.2) is 0 Å². The molecule has 1 fully saturated rings. The fourth-order valence-corrected chi connectivity index (χ4v) is 6.78. The second kappa shape index (κ2) is 4.77. The maximum atomic E-state index is 6.04. The van der Waals surface area contributed by atoms with Crippen LogP contribution in [0.3, 0.4) is 0 Å². The molecule has 0 N–H and O–H groups in total. The van der Waals surface area contributed by atoms with Gasteiger partial charge in [-0.15, -0.1) is 0 Å². The Kier molecular flexibility index (Phi) is 4.16. The molecule has 0 amide bonds. The van der Waals surface area contributed by atoms with Gasteiger partial charge in [0, 0.05) is 18.8 Å². The van der Waals surface area contributed by atoms with Crippen molar-refractivity contribution in [2.45, 2.75) is 52.1 Å². The van der Waals surface area contributed by atoms with Crippen LogP contribution in [0.2, 0.25) is 11.1 Å². The highest BCUT2D eigenvalue weighted by atomic mass is 28.4. The Morgan fingerprint density at radius 1 is 1.21 bits per heavy atom. The maximum Gasteiger partial charge on any atom is 0.344 e. The molecule has 0 spiro atoms. The summed E-state index contributed by atoms with van der Waals surface area (Å²) in [6.07, 6.45) is 1.31. The summed E-state index contributed by atoms with van der Waals surface area (Å²) in [5.74, 6) is 0.821. The van der Waals surface area contributed by atoms with Gasteiger partial charge < -0.3 is 8.85 Å². The molecule has 2 unspecified atom stereocenters. The SMILES string of the molecule is CCO[Si](OCC)(C(C)C)C1CC1C. The predicted octanol–water partition coefficient (Wildman–Crippen LogP) is 3.32. The van der Waals surface area contributed by atoms with Crippen LogP contribution >= 0.6 is 0 Å². The Bertz CT molecular complexity index is 176. The fraction of sp³-hybridized carbons (Fsp3) is 1.00. The lowest BCUT2D eigenvalue weighted by molar-refractivity contribution is 0.172. The molecule has 0 radical (unpaired) electrons. The first-order chi connectivity index (χ1) is 6.58. The lowest BCUT2D eigenvalue weighted by Gasteiger charge is -2.34. The van der Waals surface area contributed by atoms with E-state index in [2.05, 4.69) is 34.6 Å². The summed E-state index contributed by atoms with van der Waals surface area (Å²) in [6.45, 7) is 12.6. The highest BCUT2D eigenvalue weighted by molar-refractivity contribution is 6.71. The highest BCUT2D eigenvalue weighted by Gasteiger charge is 2.58. The van der Waals surface area contributed by atoms with E-state index in [0.717, 1.165) is 24.7 Å². The van der Waals surface area contributed by atoms with Crippen molar-refractivity contribution in [2.75, 3.05) is 13.2 Å². The van der Waals surface area contributed by atoms with Crippen molar-refractivity contribution in [3.63, 3.8) is 0 Å². The number of hydrogen-bond donors (Lipinski definition) is 0. The smallest absolute Gasteiger partial charge is 0.344 e. The van der Waals surface area contributed by atoms with E-state index in [1.807, 2.05) is 0 Å². The minimum atomic E-state index is -1.90. The molecule has 3 heteroatoms. The minimum Gasteiger partial charge on any atom is -0.394 e. The Hall–Kier alpha value is 0.137. The van der Waals surface area contributed by atoms with Crippen molar-refractivity contribution in [2.24, 2.45) is 5.92 Å². The molecule has 0 bridgehead atoms. The summed E-state index contributed by atoms with van der Waals surface area (Å²) in [7, 11) is -1.90. The van der Waals surface area contributed by atoms with Crippen LogP contribution in [-0.4, -0.2) is 21.8 Å². The molecule has 0 saturated heterocycles. The van der Waals surface area contributed by atoms with Crippen molar-refractivity contribution < 1.29 is 8.85 Å². The van der Waals surface area contributed by atoms with E-state index in [4.69, 9.17) is 8.85 Å². The molecule has 2 nitrogen and oxygen atoms in total. The molecule has 1 aliphatic rings. The third-order valence-corrected chi connectivity index (χ3v) is 8.10. The third kappa shape index (κ3) is 2.20. The van der Waals surface area contributed by atoms with Gasteiger partial charge >= 0.3 is 8.56 Å². The van der Waals surface area contributed by atoms with Crippen LogP contribution in [0.25, 0.3) is 0 Å². The van der Waals surface area contributed by atoms with E-state index in [9.17, 15) is 0 Å².